The van der Waals surface area contributed by atoms with Crippen LogP contribution in [0.25, 0.3) is 11.1 Å². The summed E-state index contributed by atoms with van der Waals surface area (Å²) in [6.45, 7) is 5.35. The van der Waals surface area contributed by atoms with Gasteiger partial charge in [0, 0.05) is 17.5 Å². The molecule has 0 saturated carbocycles. The van der Waals surface area contributed by atoms with Crippen molar-refractivity contribution in [2.24, 2.45) is 5.41 Å². The van der Waals surface area contributed by atoms with Gasteiger partial charge >= 0.3 is 0 Å². The summed E-state index contributed by atoms with van der Waals surface area (Å²) in [6.07, 6.45) is 1.37. The first-order valence-electron chi connectivity index (χ1n) is 9.22. The van der Waals surface area contributed by atoms with E-state index in [9.17, 15) is 9.18 Å². The maximum atomic E-state index is 14.6. The minimum Gasteiger partial charge on any atom is -0.496 e. The molecule has 2 aromatic heterocycles. The first kappa shape index (κ1) is 22.1. The second kappa shape index (κ2) is 9.06. The molecule has 10 heteroatoms. The number of carbonyl (C=O) groups is 1. The van der Waals surface area contributed by atoms with E-state index in [1.165, 1.54) is 25.4 Å². The summed E-state index contributed by atoms with van der Waals surface area (Å²) in [6, 6.07) is 8.19. The fourth-order valence-electron chi connectivity index (χ4n) is 2.64. The molecule has 0 aliphatic rings. The summed E-state index contributed by atoms with van der Waals surface area (Å²) >= 11 is 1.02. The zero-order chi connectivity index (χ0) is 22.6. The first-order chi connectivity index (χ1) is 14.7. The Morgan fingerprint density at radius 3 is 2.84 bits per heavy atom. The van der Waals surface area contributed by atoms with Gasteiger partial charge in [-0.05, 0) is 50.3 Å². The average molecular weight is 441 g/mol. The molecule has 8 nitrogen and oxygen atoms in total. The Balaban J connectivity index is 1.87. The normalized spacial score (nSPS) is 11.0. The minimum atomic E-state index is -0.684. The number of carbonyl (C=O) groups excluding carboxylic acids is 1. The van der Waals surface area contributed by atoms with E-state index in [1.54, 1.807) is 32.9 Å². The summed E-state index contributed by atoms with van der Waals surface area (Å²) in [5, 5.41) is 19.9. The predicted molar refractivity (Wildman–Crippen MR) is 114 cm³/mol. The van der Waals surface area contributed by atoms with E-state index in [1.807, 2.05) is 0 Å². The van der Waals surface area contributed by atoms with E-state index in [-0.39, 0.29) is 28.1 Å². The first-order valence-corrected chi connectivity index (χ1v) is 10.0. The summed E-state index contributed by atoms with van der Waals surface area (Å²) in [7, 11) is 1.43. The van der Waals surface area contributed by atoms with Crippen molar-refractivity contribution in [3.05, 3.63) is 47.5 Å². The van der Waals surface area contributed by atoms with Gasteiger partial charge in [-0.2, -0.15) is 5.26 Å². The van der Waals surface area contributed by atoms with Crippen molar-refractivity contribution in [3.8, 4) is 28.1 Å². The molecule has 0 bridgehead atoms. The lowest BCUT2D eigenvalue weighted by molar-refractivity contribution is 0.102. The van der Waals surface area contributed by atoms with Crippen LogP contribution in [0.5, 0.6) is 10.9 Å². The van der Waals surface area contributed by atoms with Crippen LogP contribution in [-0.2, 0) is 0 Å². The number of halogens is 1. The monoisotopic (exact) mass is 441 g/mol. The van der Waals surface area contributed by atoms with E-state index < -0.39 is 17.1 Å². The molecule has 0 saturated heterocycles. The Hall–Kier alpha value is -3.58. The van der Waals surface area contributed by atoms with Crippen LogP contribution in [0, 0.1) is 29.5 Å². The number of anilines is 1. The number of amides is 1. The lowest BCUT2D eigenvalue weighted by Crippen LogP contribution is -2.18. The molecular formula is C21H20FN5O3S. The van der Waals surface area contributed by atoms with Crippen LogP contribution < -0.4 is 14.8 Å². The van der Waals surface area contributed by atoms with Gasteiger partial charge in [0.25, 0.3) is 11.1 Å². The van der Waals surface area contributed by atoms with Crippen LogP contribution in [-0.4, -0.2) is 34.8 Å². The molecule has 0 radical (unpaired) electrons. The molecule has 0 unspecified atom stereocenters. The van der Waals surface area contributed by atoms with Crippen LogP contribution in [0.4, 0.5) is 9.52 Å². The molecule has 3 aromatic rings. The number of nitrogens with zero attached hydrogens (tertiary/aromatic N) is 4. The Kier molecular flexibility index (Phi) is 6.46. The van der Waals surface area contributed by atoms with Crippen LogP contribution in [0.1, 0.15) is 29.9 Å². The highest BCUT2D eigenvalue weighted by Crippen LogP contribution is 2.35. The third-order valence-corrected chi connectivity index (χ3v) is 4.99. The molecular weight excluding hydrogens is 421 g/mol. The molecule has 31 heavy (non-hydrogen) atoms. The van der Waals surface area contributed by atoms with Crippen molar-refractivity contribution in [2.75, 3.05) is 19.0 Å². The van der Waals surface area contributed by atoms with Crippen LogP contribution >= 0.6 is 11.3 Å². The van der Waals surface area contributed by atoms with Crippen molar-refractivity contribution >= 4 is 22.4 Å². The summed E-state index contributed by atoms with van der Waals surface area (Å²) < 4.78 is 25.4. The van der Waals surface area contributed by atoms with Gasteiger partial charge < -0.3 is 9.47 Å². The average Bonchev–Trinajstić information content (AvgIpc) is 3.19. The predicted octanol–water partition coefficient (Wildman–Crippen LogP) is 4.24. The summed E-state index contributed by atoms with van der Waals surface area (Å²) in [5.41, 5.74) is 0.592. The topological polar surface area (TPSA) is 110 Å². The van der Waals surface area contributed by atoms with E-state index in [0.717, 1.165) is 11.3 Å². The SMILES string of the molecule is COc1cccc(F)c1-c1cc(C)ncc1C(=O)Nc1nnc(OCC(C)(C)C#N)s1. The van der Waals surface area contributed by atoms with Crippen LogP contribution in [0.15, 0.2) is 30.5 Å². The number of nitrogens with one attached hydrogen (secondary N) is 1. The number of methoxy groups -OCH3 is 1. The van der Waals surface area contributed by atoms with Crippen LogP contribution in [0.2, 0.25) is 0 Å². The van der Waals surface area contributed by atoms with Gasteiger partial charge in [0.1, 0.15) is 18.2 Å². The molecule has 160 valence electrons. The number of ether oxygens (including phenoxy) is 2. The molecule has 1 N–H and O–H groups in total. The third kappa shape index (κ3) is 5.13. The fraction of sp³-hybridized carbons (Fsp3) is 0.286. The van der Waals surface area contributed by atoms with Gasteiger partial charge in [-0.1, -0.05) is 11.2 Å². The third-order valence-electron chi connectivity index (χ3n) is 4.24. The van der Waals surface area contributed by atoms with Crippen molar-refractivity contribution in [1.29, 1.82) is 5.26 Å². The number of pyridine rings is 1. The minimum absolute atomic E-state index is 0.130. The number of aromatic nitrogens is 3. The highest BCUT2D eigenvalue weighted by molar-refractivity contribution is 7.17. The van der Waals surface area contributed by atoms with Gasteiger partial charge in [0.05, 0.1) is 29.7 Å². The quantitative estimate of drug-likeness (QED) is 0.584. The Morgan fingerprint density at radius 1 is 1.35 bits per heavy atom. The van der Waals surface area contributed by atoms with Crippen molar-refractivity contribution in [1.82, 2.24) is 15.2 Å². The van der Waals surface area contributed by atoms with E-state index in [0.29, 0.717) is 17.0 Å². The highest BCUT2D eigenvalue weighted by atomic mass is 32.1. The van der Waals surface area contributed by atoms with Gasteiger partial charge in [-0.3, -0.25) is 15.1 Å². The fourth-order valence-corrected chi connectivity index (χ4v) is 3.23. The van der Waals surface area contributed by atoms with Gasteiger partial charge in [0.2, 0.25) is 5.13 Å². The maximum Gasteiger partial charge on any atom is 0.295 e. The Morgan fingerprint density at radius 2 is 2.13 bits per heavy atom. The lowest BCUT2D eigenvalue weighted by atomic mass is 9.98. The summed E-state index contributed by atoms with van der Waals surface area (Å²) in [4.78, 5) is 17.1. The number of hydrogen-bond acceptors (Lipinski definition) is 8. The number of nitriles is 1. The number of benzene rings is 1. The van der Waals surface area contributed by atoms with E-state index in [2.05, 4.69) is 26.6 Å². The Bertz CT molecular complexity index is 1160. The lowest BCUT2D eigenvalue weighted by Gasteiger charge is -2.14. The molecule has 2 heterocycles. The number of aryl methyl sites for hydroxylation is 1. The number of hydrogen-bond donors (Lipinski definition) is 1. The van der Waals surface area contributed by atoms with Gasteiger partial charge in [-0.25, -0.2) is 4.39 Å². The molecule has 1 aromatic carbocycles. The Labute approximate surface area is 182 Å². The molecule has 0 aliphatic heterocycles. The number of rotatable bonds is 7. The summed E-state index contributed by atoms with van der Waals surface area (Å²) in [5.74, 6) is -0.759. The molecule has 1 amide bonds. The van der Waals surface area contributed by atoms with Crippen molar-refractivity contribution < 1.29 is 18.7 Å². The molecule has 0 aliphatic carbocycles. The second-order valence-corrected chi connectivity index (χ2v) is 8.24. The van der Waals surface area contributed by atoms with E-state index >= 15 is 0 Å². The van der Waals surface area contributed by atoms with Crippen molar-refractivity contribution in [3.63, 3.8) is 0 Å². The molecule has 3 rings (SSSR count). The van der Waals surface area contributed by atoms with Gasteiger partial charge in [-0.15, -0.1) is 5.10 Å². The molecule has 0 spiro atoms. The van der Waals surface area contributed by atoms with Crippen molar-refractivity contribution in [2.45, 2.75) is 20.8 Å². The van der Waals surface area contributed by atoms with Gasteiger partial charge in [0.15, 0.2) is 0 Å². The molecule has 0 atom stereocenters. The largest absolute Gasteiger partial charge is 0.496 e. The highest BCUT2D eigenvalue weighted by Gasteiger charge is 2.22. The maximum absolute atomic E-state index is 14.6. The standard InChI is InChI=1S/C21H20FN5O3S/c1-12-8-13(17-15(22)6-5-7-16(17)29-4)14(9-24-12)18(28)25-19-26-27-20(31-19)30-11-21(2,3)10-23/h5-9H,11H2,1-4H3,(H,25,26,28). The van der Waals surface area contributed by atoms with E-state index in [4.69, 9.17) is 14.7 Å². The second-order valence-electron chi connectivity index (χ2n) is 7.30. The smallest absolute Gasteiger partial charge is 0.295 e. The zero-order valence-electron chi connectivity index (χ0n) is 17.4. The zero-order valence-corrected chi connectivity index (χ0v) is 18.2. The molecule has 0 fully saturated rings. The van der Waals surface area contributed by atoms with Crippen LogP contribution in [0.3, 0.4) is 0 Å².